The van der Waals surface area contributed by atoms with Gasteiger partial charge in [-0.1, -0.05) is 31.2 Å². The van der Waals surface area contributed by atoms with E-state index >= 15 is 0 Å². The van der Waals surface area contributed by atoms with Gasteiger partial charge in [0, 0.05) is 16.6 Å². The fourth-order valence-corrected chi connectivity index (χ4v) is 5.53. The first-order chi connectivity index (χ1) is 17.3. The van der Waals surface area contributed by atoms with Gasteiger partial charge in [-0.2, -0.15) is 0 Å². The van der Waals surface area contributed by atoms with E-state index in [-0.39, 0.29) is 30.9 Å². The van der Waals surface area contributed by atoms with Gasteiger partial charge in [0.15, 0.2) is 0 Å². The number of benzene rings is 1. The van der Waals surface area contributed by atoms with Crippen LogP contribution in [0.15, 0.2) is 35.5 Å². The standard InChI is InChI=1S/C27H38N2O7S/c1-8-18-12-10-11-13-19(18)16-20(30)28-22-24(32)29(23(17(3)4)26(33)36-27(5,6)7)25(22)37(34)15-14-21(31)35-9-2/h10-13,22,25H,8-9,14-16H2,1-7H3,(H,28,30). The number of aryl methyl sites for hydroxylation is 1. The van der Waals surface area contributed by atoms with Crippen LogP contribution in [0.1, 0.15) is 66.0 Å². The minimum Gasteiger partial charge on any atom is -0.466 e. The van der Waals surface area contributed by atoms with Crippen molar-refractivity contribution >= 4 is 34.6 Å². The van der Waals surface area contributed by atoms with E-state index in [9.17, 15) is 23.4 Å². The van der Waals surface area contributed by atoms with Crippen LogP contribution in [0.25, 0.3) is 0 Å². The van der Waals surface area contributed by atoms with Gasteiger partial charge in [-0.3, -0.25) is 23.5 Å². The van der Waals surface area contributed by atoms with Crippen molar-refractivity contribution in [2.45, 2.75) is 84.7 Å². The maximum Gasteiger partial charge on any atom is 0.355 e. The molecule has 1 heterocycles. The Balaban J connectivity index is 2.32. The Morgan fingerprint density at radius 2 is 1.70 bits per heavy atom. The van der Waals surface area contributed by atoms with Crippen molar-refractivity contribution < 1.29 is 32.9 Å². The Bertz CT molecular complexity index is 1090. The second-order valence-electron chi connectivity index (χ2n) is 9.93. The lowest BCUT2D eigenvalue weighted by molar-refractivity contribution is -0.159. The number of carbonyl (C=O) groups is 4. The molecule has 1 aliphatic heterocycles. The van der Waals surface area contributed by atoms with Gasteiger partial charge in [0.25, 0.3) is 5.91 Å². The minimum absolute atomic E-state index is 0.0174. The van der Waals surface area contributed by atoms with E-state index in [0.717, 1.165) is 22.4 Å². The predicted molar refractivity (Wildman–Crippen MR) is 141 cm³/mol. The molecule has 2 amide bonds. The SMILES string of the molecule is CCOC(=O)CCS(=O)C1C(NC(=O)Cc2ccccc2CC)C(=O)N1C(C(=O)OC(C)(C)C)=C(C)C. The van der Waals surface area contributed by atoms with Crippen molar-refractivity contribution in [1.29, 1.82) is 0 Å². The molecule has 0 aliphatic carbocycles. The molecule has 1 aromatic carbocycles. The van der Waals surface area contributed by atoms with Crippen LogP contribution in [0, 0.1) is 0 Å². The first-order valence-corrected chi connectivity index (χ1v) is 13.8. The van der Waals surface area contributed by atoms with Gasteiger partial charge in [0.05, 0.1) is 19.4 Å². The Hall–Kier alpha value is -3.01. The fourth-order valence-electron chi connectivity index (χ4n) is 3.98. The summed E-state index contributed by atoms with van der Waals surface area (Å²) in [4.78, 5) is 52.2. The minimum atomic E-state index is -1.78. The molecular formula is C27H38N2O7S. The largest absolute Gasteiger partial charge is 0.466 e. The second-order valence-corrected chi connectivity index (χ2v) is 11.6. The lowest BCUT2D eigenvalue weighted by atomic mass is 10.0. The number of likely N-dealkylation sites (tertiary alicyclic amines) is 1. The smallest absolute Gasteiger partial charge is 0.355 e. The van der Waals surface area contributed by atoms with E-state index in [4.69, 9.17) is 9.47 Å². The number of β-lactam (4-membered cyclic amide) rings is 1. The quantitative estimate of drug-likeness (QED) is 0.263. The Kier molecular flexibility index (Phi) is 10.6. The number of nitrogens with zero attached hydrogens (tertiary/aromatic N) is 1. The molecular weight excluding hydrogens is 496 g/mol. The molecule has 37 heavy (non-hydrogen) atoms. The number of hydrogen-bond acceptors (Lipinski definition) is 7. The van der Waals surface area contributed by atoms with E-state index in [1.54, 1.807) is 41.5 Å². The van der Waals surface area contributed by atoms with Gasteiger partial charge in [-0.15, -0.1) is 0 Å². The topological polar surface area (TPSA) is 119 Å². The normalized spacial score (nSPS) is 17.9. The summed E-state index contributed by atoms with van der Waals surface area (Å²) < 4.78 is 23.8. The van der Waals surface area contributed by atoms with Crippen LogP contribution in [0.4, 0.5) is 0 Å². The van der Waals surface area contributed by atoms with Crippen molar-refractivity contribution in [3.05, 3.63) is 46.7 Å². The molecule has 0 radical (unpaired) electrons. The summed E-state index contributed by atoms with van der Waals surface area (Å²) in [6, 6.07) is 6.42. The summed E-state index contributed by atoms with van der Waals surface area (Å²) in [5, 5.41) is 1.67. The summed E-state index contributed by atoms with van der Waals surface area (Å²) >= 11 is 0. The first-order valence-electron chi connectivity index (χ1n) is 12.4. The van der Waals surface area contributed by atoms with E-state index in [0.29, 0.717) is 5.57 Å². The van der Waals surface area contributed by atoms with E-state index in [1.165, 1.54) is 0 Å². The number of rotatable bonds is 11. The van der Waals surface area contributed by atoms with Crippen molar-refractivity contribution in [1.82, 2.24) is 10.2 Å². The van der Waals surface area contributed by atoms with Gasteiger partial charge in [0.2, 0.25) is 5.91 Å². The second kappa shape index (κ2) is 13.0. The third-order valence-corrected chi connectivity index (χ3v) is 7.23. The molecule has 0 saturated carbocycles. The molecule has 9 nitrogen and oxygen atoms in total. The van der Waals surface area contributed by atoms with Crippen LogP contribution < -0.4 is 5.32 Å². The zero-order valence-electron chi connectivity index (χ0n) is 22.7. The van der Waals surface area contributed by atoms with E-state index < -0.39 is 51.6 Å². The van der Waals surface area contributed by atoms with Crippen LogP contribution in [0.5, 0.6) is 0 Å². The predicted octanol–water partition coefficient (Wildman–Crippen LogP) is 2.78. The maximum absolute atomic E-state index is 13.4. The zero-order chi connectivity index (χ0) is 27.9. The number of allylic oxidation sites excluding steroid dienone is 1. The highest BCUT2D eigenvalue weighted by Gasteiger charge is 2.54. The molecule has 3 atom stereocenters. The molecule has 2 rings (SSSR count). The molecule has 1 saturated heterocycles. The summed E-state index contributed by atoms with van der Waals surface area (Å²) in [6.07, 6.45) is 0.678. The molecule has 1 aromatic rings. The Morgan fingerprint density at radius 1 is 1.08 bits per heavy atom. The molecule has 1 fully saturated rings. The number of amides is 2. The average Bonchev–Trinajstić information content (AvgIpc) is 2.80. The Labute approximate surface area is 221 Å². The first kappa shape index (κ1) is 30.2. The number of carbonyl (C=O) groups excluding carboxylic acids is 4. The summed E-state index contributed by atoms with van der Waals surface area (Å²) in [6.45, 7) is 12.3. The van der Waals surface area contributed by atoms with E-state index in [2.05, 4.69) is 5.32 Å². The van der Waals surface area contributed by atoms with Crippen molar-refractivity contribution in [3.63, 3.8) is 0 Å². The van der Waals surface area contributed by atoms with Crippen LogP contribution in [0.2, 0.25) is 0 Å². The molecule has 1 aliphatic rings. The summed E-state index contributed by atoms with van der Waals surface area (Å²) in [5.41, 5.74) is 1.52. The van der Waals surface area contributed by atoms with Crippen molar-refractivity contribution in [2.24, 2.45) is 0 Å². The van der Waals surface area contributed by atoms with Gasteiger partial charge >= 0.3 is 11.9 Å². The van der Waals surface area contributed by atoms with E-state index in [1.807, 2.05) is 31.2 Å². The monoisotopic (exact) mass is 534 g/mol. The van der Waals surface area contributed by atoms with Crippen LogP contribution >= 0.6 is 0 Å². The molecule has 0 spiro atoms. The summed E-state index contributed by atoms with van der Waals surface area (Å²) in [5.74, 6) is -2.30. The van der Waals surface area contributed by atoms with Crippen molar-refractivity contribution in [3.8, 4) is 0 Å². The van der Waals surface area contributed by atoms with Crippen LogP contribution in [0.3, 0.4) is 0 Å². The number of hydrogen-bond donors (Lipinski definition) is 1. The number of nitrogens with one attached hydrogen (secondary N) is 1. The van der Waals surface area contributed by atoms with Gasteiger partial charge in [-0.25, -0.2) is 4.79 Å². The van der Waals surface area contributed by atoms with Gasteiger partial charge in [0.1, 0.15) is 22.7 Å². The Morgan fingerprint density at radius 3 is 2.24 bits per heavy atom. The lowest BCUT2D eigenvalue weighted by Crippen LogP contribution is -2.72. The highest BCUT2D eigenvalue weighted by atomic mass is 32.2. The zero-order valence-corrected chi connectivity index (χ0v) is 23.5. The third kappa shape index (κ3) is 7.99. The van der Waals surface area contributed by atoms with Gasteiger partial charge in [-0.05, 0) is 64.7 Å². The molecule has 3 unspecified atom stereocenters. The highest BCUT2D eigenvalue weighted by molar-refractivity contribution is 7.85. The van der Waals surface area contributed by atoms with Crippen LogP contribution in [-0.2, 0) is 52.3 Å². The molecule has 0 bridgehead atoms. The highest BCUT2D eigenvalue weighted by Crippen LogP contribution is 2.32. The lowest BCUT2D eigenvalue weighted by Gasteiger charge is -2.47. The molecule has 1 N–H and O–H groups in total. The summed E-state index contributed by atoms with van der Waals surface area (Å²) in [7, 11) is -1.78. The van der Waals surface area contributed by atoms with Crippen molar-refractivity contribution in [2.75, 3.05) is 12.4 Å². The number of ether oxygens (including phenoxy) is 2. The third-order valence-electron chi connectivity index (χ3n) is 5.60. The number of esters is 2. The maximum atomic E-state index is 13.4. The average molecular weight is 535 g/mol. The molecule has 10 heteroatoms. The van der Waals surface area contributed by atoms with Crippen LogP contribution in [-0.4, -0.2) is 62.2 Å². The molecule has 0 aromatic heterocycles. The fraction of sp³-hybridized carbons (Fsp3) is 0.556. The molecule has 204 valence electrons. The van der Waals surface area contributed by atoms with Gasteiger partial charge < -0.3 is 14.8 Å².